The van der Waals surface area contributed by atoms with Crippen LogP contribution in [0.2, 0.25) is 0 Å². The van der Waals surface area contributed by atoms with E-state index in [0.29, 0.717) is 5.52 Å². The highest BCUT2D eigenvalue weighted by Gasteiger charge is 2.25. The number of hydrogen-bond donors (Lipinski definition) is 1. The van der Waals surface area contributed by atoms with Crippen LogP contribution in [-0.2, 0) is 28.9 Å². The largest absolute Gasteiger partial charge is 0.478 e. The first-order valence-electron chi connectivity index (χ1n) is 6.56. The number of rotatable bonds is 3. The number of carbonyl (C=O) groups excluding carboxylic acids is 1. The molecule has 0 atom stereocenters. The number of carbonyl (C=O) groups is 2. The molecule has 5 nitrogen and oxygen atoms in total. The number of benzene rings is 1. The highest BCUT2D eigenvalue weighted by atomic mass is 16.5. The summed E-state index contributed by atoms with van der Waals surface area (Å²) in [5.74, 6) is -1.34. The third-order valence-corrected chi connectivity index (χ3v) is 3.89. The summed E-state index contributed by atoms with van der Waals surface area (Å²) in [6.45, 7) is 0.0621. The van der Waals surface area contributed by atoms with Gasteiger partial charge in [0.05, 0.1) is 18.2 Å². The van der Waals surface area contributed by atoms with Crippen LogP contribution in [-0.4, -0.2) is 28.7 Å². The average molecular weight is 273 g/mol. The first-order valence-corrected chi connectivity index (χ1v) is 6.56. The summed E-state index contributed by atoms with van der Waals surface area (Å²) in [5.41, 5.74) is 3.11. The number of ether oxygens (including phenoxy) is 1. The van der Waals surface area contributed by atoms with E-state index in [4.69, 9.17) is 4.74 Å². The lowest BCUT2D eigenvalue weighted by Crippen LogP contribution is -2.14. The number of methoxy groups -OCH3 is 1. The first-order chi connectivity index (χ1) is 9.63. The summed E-state index contributed by atoms with van der Waals surface area (Å²) in [5, 5.41) is 10.3. The number of aromatic carboxylic acids is 1. The minimum absolute atomic E-state index is 0.0621. The maximum atomic E-state index is 11.6. The molecule has 1 aromatic carbocycles. The molecule has 5 heteroatoms. The predicted molar refractivity (Wildman–Crippen MR) is 72.9 cm³/mol. The second-order valence-corrected chi connectivity index (χ2v) is 4.95. The zero-order valence-corrected chi connectivity index (χ0v) is 11.2. The third kappa shape index (κ3) is 1.78. The van der Waals surface area contributed by atoms with Crippen molar-refractivity contribution < 1.29 is 19.4 Å². The summed E-state index contributed by atoms with van der Waals surface area (Å²) >= 11 is 0. The van der Waals surface area contributed by atoms with Gasteiger partial charge in [-0.2, -0.15) is 0 Å². The van der Waals surface area contributed by atoms with Gasteiger partial charge in [-0.05, 0) is 30.9 Å². The molecule has 1 heterocycles. The van der Waals surface area contributed by atoms with Crippen molar-refractivity contribution in [2.75, 3.05) is 7.11 Å². The number of carboxylic acids is 1. The molecule has 104 valence electrons. The number of fused-ring (bicyclic) bond motifs is 3. The van der Waals surface area contributed by atoms with E-state index in [1.54, 1.807) is 12.1 Å². The molecule has 0 aliphatic heterocycles. The molecule has 0 amide bonds. The molecule has 1 N–H and O–H groups in total. The maximum absolute atomic E-state index is 11.6. The maximum Gasteiger partial charge on any atom is 0.337 e. The number of para-hydroxylation sites is 1. The van der Waals surface area contributed by atoms with Crippen LogP contribution in [0.1, 0.15) is 28.0 Å². The zero-order valence-electron chi connectivity index (χ0n) is 11.2. The molecular weight excluding hydrogens is 258 g/mol. The van der Waals surface area contributed by atoms with Gasteiger partial charge in [0, 0.05) is 11.1 Å². The molecule has 1 aromatic heterocycles. The second-order valence-electron chi connectivity index (χ2n) is 4.95. The van der Waals surface area contributed by atoms with Crippen molar-refractivity contribution in [1.82, 2.24) is 4.57 Å². The standard InChI is InChI=1S/C15H15NO4/c1-20-13(17)8-16-12-7-3-4-9(12)10-5-2-6-11(14(10)16)15(18)19/h2,5-6H,3-4,7-8H2,1H3,(H,18,19). The van der Waals surface area contributed by atoms with Gasteiger partial charge in [0.15, 0.2) is 0 Å². The van der Waals surface area contributed by atoms with Crippen molar-refractivity contribution in [3.8, 4) is 0 Å². The Morgan fingerprint density at radius 1 is 1.35 bits per heavy atom. The number of carboxylic acid groups (broad SMARTS) is 1. The number of esters is 1. The quantitative estimate of drug-likeness (QED) is 0.868. The van der Waals surface area contributed by atoms with Gasteiger partial charge in [-0.3, -0.25) is 4.79 Å². The predicted octanol–water partition coefficient (Wildman–Crippen LogP) is 2.00. The van der Waals surface area contributed by atoms with E-state index in [1.807, 2.05) is 10.6 Å². The summed E-state index contributed by atoms with van der Waals surface area (Å²) in [6.07, 6.45) is 2.85. The molecule has 1 aliphatic rings. The van der Waals surface area contributed by atoms with E-state index in [-0.39, 0.29) is 18.1 Å². The van der Waals surface area contributed by atoms with Crippen LogP contribution in [0.15, 0.2) is 18.2 Å². The SMILES string of the molecule is COC(=O)Cn1c2c(c3cccc(C(=O)O)c31)CCC2. The van der Waals surface area contributed by atoms with Gasteiger partial charge in [0.25, 0.3) is 0 Å². The average Bonchev–Trinajstić information content (AvgIpc) is 3.01. The molecule has 0 bridgehead atoms. The molecule has 3 rings (SSSR count). The van der Waals surface area contributed by atoms with Crippen LogP contribution in [0.5, 0.6) is 0 Å². The van der Waals surface area contributed by atoms with Gasteiger partial charge in [-0.25, -0.2) is 4.79 Å². The highest BCUT2D eigenvalue weighted by Crippen LogP contribution is 2.34. The Balaban J connectivity index is 2.30. The molecule has 0 spiro atoms. The van der Waals surface area contributed by atoms with Crippen LogP contribution in [0.4, 0.5) is 0 Å². The molecule has 20 heavy (non-hydrogen) atoms. The summed E-state index contributed by atoms with van der Waals surface area (Å²) in [7, 11) is 1.34. The Morgan fingerprint density at radius 3 is 2.85 bits per heavy atom. The van der Waals surface area contributed by atoms with Crippen LogP contribution < -0.4 is 0 Å². The minimum atomic E-state index is -0.974. The fourth-order valence-electron chi connectivity index (χ4n) is 3.07. The molecule has 2 aromatic rings. The Bertz CT molecular complexity index is 714. The number of hydrogen-bond acceptors (Lipinski definition) is 3. The van der Waals surface area contributed by atoms with Crippen molar-refractivity contribution in [3.63, 3.8) is 0 Å². The van der Waals surface area contributed by atoms with Crippen LogP contribution in [0.25, 0.3) is 10.9 Å². The van der Waals surface area contributed by atoms with Crippen molar-refractivity contribution in [2.24, 2.45) is 0 Å². The van der Waals surface area contributed by atoms with Gasteiger partial charge in [-0.15, -0.1) is 0 Å². The molecule has 0 radical (unpaired) electrons. The van der Waals surface area contributed by atoms with E-state index in [9.17, 15) is 14.7 Å². The van der Waals surface area contributed by atoms with E-state index < -0.39 is 5.97 Å². The van der Waals surface area contributed by atoms with E-state index >= 15 is 0 Å². The van der Waals surface area contributed by atoms with Crippen molar-refractivity contribution in [2.45, 2.75) is 25.8 Å². The van der Waals surface area contributed by atoms with E-state index in [2.05, 4.69) is 0 Å². The normalized spacial score (nSPS) is 13.4. The van der Waals surface area contributed by atoms with Crippen molar-refractivity contribution >= 4 is 22.8 Å². The first kappa shape index (κ1) is 12.7. The fourth-order valence-corrected chi connectivity index (χ4v) is 3.07. The lowest BCUT2D eigenvalue weighted by molar-refractivity contribution is -0.141. The zero-order chi connectivity index (χ0) is 14.3. The minimum Gasteiger partial charge on any atom is -0.478 e. The number of nitrogens with zero attached hydrogens (tertiary/aromatic N) is 1. The summed E-state index contributed by atoms with van der Waals surface area (Å²) in [6, 6.07) is 5.26. The van der Waals surface area contributed by atoms with Crippen molar-refractivity contribution in [1.29, 1.82) is 0 Å². The Morgan fingerprint density at radius 2 is 2.15 bits per heavy atom. The smallest absolute Gasteiger partial charge is 0.337 e. The lowest BCUT2D eigenvalue weighted by Gasteiger charge is -2.09. The molecule has 0 saturated carbocycles. The summed E-state index contributed by atoms with van der Waals surface area (Å²) in [4.78, 5) is 23.0. The Kier molecular flexibility index (Phi) is 2.97. The van der Waals surface area contributed by atoms with Gasteiger partial charge >= 0.3 is 11.9 Å². The molecular formula is C15H15NO4. The van der Waals surface area contributed by atoms with E-state index in [0.717, 1.165) is 30.3 Å². The van der Waals surface area contributed by atoms with Crippen molar-refractivity contribution in [3.05, 3.63) is 35.0 Å². The van der Waals surface area contributed by atoms with Crippen LogP contribution in [0, 0.1) is 0 Å². The van der Waals surface area contributed by atoms with Gasteiger partial charge in [0.2, 0.25) is 0 Å². The van der Waals surface area contributed by atoms with E-state index in [1.165, 1.54) is 12.7 Å². The Hall–Kier alpha value is -2.30. The topological polar surface area (TPSA) is 68.5 Å². The third-order valence-electron chi connectivity index (χ3n) is 3.89. The number of aryl methyl sites for hydroxylation is 1. The molecule has 1 aliphatic carbocycles. The highest BCUT2D eigenvalue weighted by molar-refractivity contribution is 6.04. The van der Waals surface area contributed by atoms with Crippen LogP contribution >= 0.6 is 0 Å². The number of aromatic nitrogens is 1. The summed E-state index contributed by atoms with van der Waals surface area (Å²) < 4.78 is 6.54. The van der Waals surface area contributed by atoms with Crippen LogP contribution in [0.3, 0.4) is 0 Å². The lowest BCUT2D eigenvalue weighted by atomic mass is 10.1. The molecule has 0 saturated heterocycles. The Labute approximate surface area is 115 Å². The van der Waals surface area contributed by atoms with Gasteiger partial charge in [-0.1, -0.05) is 12.1 Å². The van der Waals surface area contributed by atoms with Gasteiger partial charge in [0.1, 0.15) is 6.54 Å². The second kappa shape index (κ2) is 4.67. The monoisotopic (exact) mass is 273 g/mol. The fraction of sp³-hybridized carbons (Fsp3) is 0.333. The van der Waals surface area contributed by atoms with Gasteiger partial charge < -0.3 is 14.4 Å². The molecule has 0 unspecified atom stereocenters. The molecule has 0 fully saturated rings.